The van der Waals surface area contributed by atoms with E-state index in [2.05, 4.69) is 27.5 Å². The third-order valence-corrected chi connectivity index (χ3v) is 6.46. The molecule has 4 rings (SSSR count). The highest BCUT2D eigenvalue weighted by molar-refractivity contribution is 6.01. The van der Waals surface area contributed by atoms with E-state index in [1.165, 1.54) is 0 Å². The summed E-state index contributed by atoms with van der Waals surface area (Å²) in [5.74, 6) is 0.559. The summed E-state index contributed by atoms with van der Waals surface area (Å²) in [6.07, 6.45) is 1.56. The van der Waals surface area contributed by atoms with Crippen LogP contribution in [0.3, 0.4) is 0 Å². The van der Waals surface area contributed by atoms with E-state index in [0.717, 1.165) is 11.1 Å². The van der Waals surface area contributed by atoms with Gasteiger partial charge in [0.25, 0.3) is 5.91 Å². The molecular weight excluding hydrogens is 508 g/mol. The Morgan fingerprint density at radius 3 is 2.62 bits per heavy atom. The minimum atomic E-state index is -1.39. The van der Waals surface area contributed by atoms with Crippen molar-refractivity contribution < 1.29 is 19.4 Å². The molecule has 3 aromatic rings. The van der Waals surface area contributed by atoms with Crippen LogP contribution in [0.1, 0.15) is 41.2 Å². The van der Waals surface area contributed by atoms with Gasteiger partial charge in [0.05, 0.1) is 13.2 Å². The molecule has 1 aliphatic heterocycles. The molecule has 0 fully saturated rings. The number of amides is 1. The highest BCUT2D eigenvalue weighted by atomic mass is 16.5. The number of hydrogen-bond acceptors (Lipinski definition) is 7. The van der Waals surface area contributed by atoms with Gasteiger partial charge < -0.3 is 14.6 Å². The molecule has 0 aromatic heterocycles. The number of rotatable bonds is 14. The van der Waals surface area contributed by atoms with E-state index < -0.39 is 11.6 Å². The fraction of sp³-hybridized carbons (Fsp3) is 0.267. The first-order valence-electron chi connectivity index (χ1n) is 13.0. The van der Waals surface area contributed by atoms with E-state index in [9.17, 15) is 4.79 Å². The van der Waals surface area contributed by atoms with Crippen molar-refractivity contribution in [2.24, 2.45) is 10.1 Å². The molecule has 206 valence electrons. The Balaban J connectivity index is 1.68. The molecule has 2 atom stereocenters. The van der Waals surface area contributed by atoms with Crippen LogP contribution in [0.25, 0.3) is 10.4 Å². The van der Waals surface area contributed by atoms with Gasteiger partial charge in [0, 0.05) is 36.5 Å². The first kappa shape index (κ1) is 28.4. The molecule has 0 unspecified atom stereocenters. The largest absolute Gasteiger partial charge is 0.494 e. The highest BCUT2D eigenvalue weighted by Gasteiger charge is 2.53. The van der Waals surface area contributed by atoms with Crippen molar-refractivity contribution in [3.63, 3.8) is 0 Å². The zero-order valence-electron chi connectivity index (χ0n) is 22.1. The number of carbonyl (C=O) groups excluding carboxylic acids is 1. The van der Waals surface area contributed by atoms with E-state index in [4.69, 9.17) is 25.1 Å². The van der Waals surface area contributed by atoms with Gasteiger partial charge in [-0.05, 0) is 46.5 Å². The van der Waals surface area contributed by atoms with Crippen LogP contribution in [0, 0.1) is 0 Å². The fourth-order valence-corrected chi connectivity index (χ4v) is 4.48. The number of hydrogen-bond donors (Lipinski definition) is 3. The Labute approximate surface area is 233 Å². The summed E-state index contributed by atoms with van der Waals surface area (Å²) in [7, 11) is 0. The molecule has 3 N–H and O–H groups in total. The Morgan fingerprint density at radius 1 is 1.15 bits per heavy atom. The van der Waals surface area contributed by atoms with Gasteiger partial charge in [-0.2, -0.15) is 0 Å². The summed E-state index contributed by atoms with van der Waals surface area (Å²) in [4.78, 5) is 21.7. The van der Waals surface area contributed by atoms with Crippen LogP contribution in [-0.2, 0) is 22.6 Å². The number of azide groups is 1. The average Bonchev–Trinajstić information content (AvgIpc) is 3.38. The number of aliphatic hydroxyl groups excluding tert-OH is 1. The predicted octanol–water partition coefficient (Wildman–Crippen LogP) is 4.91. The molecule has 10 heteroatoms. The molecule has 0 spiro atoms. The van der Waals surface area contributed by atoms with Crippen molar-refractivity contribution in [2.75, 3.05) is 13.2 Å². The van der Waals surface area contributed by atoms with Crippen molar-refractivity contribution in [1.82, 2.24) is 10.9 Å². The quantitative estimate of drug-likeness (QED) is 0.0665. The number of nitrogens with one attached hydrogen (secondary N) is 2. The molecule has 0 aliphatic carbocycles. The molecule has 40 heavy (non-hydrogen) atoms. The van der Waals surface area contributed by atoms with E-state index in [0.29, 0.717) is 42.3 Å². The average molecular weight is 541 g/mol. The number of hydrazine groups is 1. The second kappa shape index (κ2) is 14.0. The zero-order valence-corrected chi connectivity index (χ0v) is 22.1. The van der Waals surface area contributed by atoms with Crippen molar-refractivity contribution in [3.05, 3.63) is 124 Å². The molecule has 0 saturated carbocycles. The first-order chi connectivity index (χ1) is 19.6. The zero-order chi connectivity index (χ0) is 28.2. The summed E-state index contributed by atoms with van der Waals surface area (Å²) >= 11 is 0. The molecule has 3 aromatic carbocycles. The second-order valence-corrected chi connectivity index (χ2v) is 9.16. The Kier molecular flexibility index (Phi) is 9.90. The van der Waals surface area contributed by atoms with Crippen molar-refractivity contribution in [2.45, 2.75) is 37.6 Å². The second-order valence-electron chi connectivity index (χ2n) is 9.16. The number of aliphatic imine (C=N–C) groups is 1. The maximum atomic E-state index is 13.9. The third kappa shape index (κ3) is 6.68. The van der Waals surface area contributed by atoms with Gasteiger partial charge in [0.2, 0.25) is 5.90 Å². The third-order valence-electron chi connectivity index (χ3n) is 6.46. The van der Waals surface area contributed by atoms with Crippen LogP contribution in [0.5, 0.6) is 5.75 Å². The van der Waals surface area contributed by atoms with Crippen LogP contribution in [-0.4, -0.2) is 35.7 Å². The Bertz CT molecular complexity index is 1370. The van der Waals surface area contributed by atoms with Crippen LogP contribution in [0.4, 0.5) is 0 Å². The fourth-order valence-electron chi connectivity index (χ4n) is 4.48. The van der Waals surface area contributed by atoms with Crippen LogP contribution < -0.4 is 15.6 Å². The summed E-state index contributed by atoms with van der Waals surface area (Å²) in [5.41, 5.74) is 16.5. The first-order valence-corrected chi connectivity index (χ1v) is 13.0. The van der Waals surface area contributed by atoms with Gasteiger partial charge in [-0.1, -0.05) is 65.8 Å². The van der Waals surface area contributed by atoms with E-state index in [1.807, 2.05) is 66.7 Å². The van der Waals surface area contributed by atoms with Crippen LogP contribution >= 0.6 is 0 Å². The molecule has 1 aliphatic rings. The normalized spacial score (nSPS) is 17.7. The van der Waals surface area contributed by atoms with Gasteiger partial charge >= 0.3 is 0 Å². The molecule has 10 nitrogen and oxygen atoms in total. The van der Waals surface area contributed by atoms with E-state index in [1.54, 1.807) is 18.2 Å². The molecule has 0 bridgehead atoms. The van der Waals surface area contributed by atoms with Gasteiger partial charge in [0.15, 0.2) is 11.6 Å². The Morgan fingerprint density at radius 2 is 1.90 bits per heavy atom. The SMILES string of the molecule is C=CC[C@]1(C(=O)NNCc2ccccc2)N=C(c2ccc(OCCCO)cc2)O[C@H]1c1ccccc1CN=[N+]=[N-]. The maximum absolute atomic E-state index is 13.9. The van der Waals surface area contributed by atoms with E-state index in [-0.39, 0.29) is 25.5 Å². The van der Waals surface area contributed by atoms with Gasteiger partial charge in [0.1, 0.15) is 5.75 Å². The summed E-state index contributed by atoms with van der Waals surface area (Å²) in [6.45, 7) is 4.87. The smallest absolute Gasteiger partial charge is 0.266 e. The molecule has 1 heterocycles. The number of ether oxygens (including phenoxy) is 2. The maximum Gasteiger partial charge on any atom is 0.266 e. The number of nitrogens with zero attached hydrogens (tertiary/aromatic N) is 4. The number of carbonyl (C=O) groups is 1. The molecule has 1 amide bonds. The van der Waals surface area contributed by atoms with Gasteiger partial charge in [-0.15, -0.1) is 6.58 Å². The summed E-state index contributed by atoms with van der Waals surface area (Å²) in [5, 5.41) is 12.7. The topological polar surface area (TPSA) is 141 Å². The van der Waals surface area contributed by atoms with Crippen molar-refractivity contribution in [1.29, 1.82) is 0 Å². The van der Waals surface area contributed by atoms with Crippen LogP contribution in [0.2, 0.25) is 0 Å². The molecule has 0 radical (unpaired) electrons. The van der Waals surface area contributed by atoms with E-state index >= 15 is 0 Å². The minimum absolute atomic E-state index is 0.0545. The summed E-state index contributed by atoms with van der Waals surface area (Å²) < 4.78 is 12.1. The lowest BCUT2D eigenvalue weighted by molar-refractivity contribution is -0.129. The highest BCUT2D eigenvalue weighted by Crippen LogP contribution is 2.44. The van der Waals surface area contributed by atoms with Crippen LogP contribution in [0.15, 0.2) is 102 Å². The van der Waals surface area contributed by atoms with Gasteiger partial charge in [-0.25, -0.2) is 10.4 Å². The van der Waals surface area contributed by atoms with Crippen molar-refractivity contribution in [3.8, 4) is 5.75 Å². The monoisotopic (exact) mass is 540 g/mol. The minimum Gasteiger partial charge on any atom is -0.494 e. The number of benzene rings is 3. The molecular formula is C30H32N6O4. The Hall–Kier alpha value is -4.63. The van der Waals surface area contributed by atoms with Gasteiger partial charge in [-0.3, -0.25) is 10.2 Å². The lowest BCUT2D eigenvalue weighted by Crippen LogP contribution is -2.52. The summed E-state index contributed by atoms with van der Waals surface area (Å²) in [6, 6.07) is 24.3. The predicted molar refractivity (Wildman–Crippen MR) is 152 cm³/mol. The lowest BCUT2D eigenvalue weighted by atomic mass is 9.83. The standard InChI is InChI=1S/C30H32N6O4/c1-2-17-30(29(38)35-32-20-22-9-4-3-5-10-22)27(26-12-7-6-11-24(26)21-33-36-31)40-28(34-30)23-13-15-25(16-14-23)39-19-8-18-37/h2-7,9-16,27,32,37H,1,8,17-21H2,(H,35,38)/t27-,30-/m0/s1. The number of aliphatic hydroxyl groups is 1. The molecule has 0 saturated heterocycles. The lowest BCUT2D eigenvalue weighted by Gasteiger charge is -2.30. The van der Waals surface area contributed by atoms with Crippen molar-refractivity contribution >= 4 is 11.8 Å².